The van der Waals surface area contributed by atoms with Gasteiger partial charge < -0.3 is 10.6 Å². The highest BCUT2D eigenvalue weighted by Gasteiger charge is 2.35. The van der Waals surface area contributed by atoms with Crippen molar-refractivity contribution >= 4 is 5.91 Å². The molecule has 128 valence electrons. The van der Waals surface area contributed by atoms with Crippen LogP contribution in [0.4, 0.5) is 0 Å². The zero-order valence-corrected chi connectivity index (χ0v) is 14.8. The van der Waals surface area contributed by atoms with Crippen LogP contribution in [-0.2, 0) is 18.4 Å². The normalized spacial score (nSPS) is 20.3. The summed E-state index contributed by atoms with van der Waals surface area (Å²) < 4.78 is 1.87. The first kappa shape index (κ1) is 16.6. The Bertz CT molecular complexity index is 732. The fraction of sp³-hybridized carbons (Fsp3) is 0.500. The third-order valence-corrected chi connectivity index (χ3v) is 4.83. The Hall–Kier alpha value is -2.21. The van der Waals surface area contributed by atoms with E-state index < -0.39 is 0 Å². The molecule has 2 aromatic rings. The van der Waals surface area contributed by atoms with E-state index in [0.29, 0.717) is 13.1 Å². The van der Waals surface area contributed by atoms with Gasteiger partial charge in [0.1, 0.15) is 0 Å². The molecule has 3 heterocycles. The standard InChI is InChI=1S/C18H25N5O/c1-11-5-14(6-12(2)22-11)7-20-18(24)17-9-19-8-16(17)15-10-21-23(4)13(15)3/h5-6,10,16-17,19H,7-9H2,1-4H3,(H,20,24)/t16-,17+/m1/s1. The molecule has 0 aromatic carbocycles. The van der Waals surface area contributed by atoms with Crippen molar-refractivity contribution in [3.63, 3.8) is 0 Å². The van der Waals surface area contributed by atoms with Crippen LogP contribution in [0.15, 0.2) is 18.3 Å². The Kier molecular flexibility index (Phi) is 4.66. The molecule has 0 radical (unpaired) electrons. The third-order valence-electron chi connectivity index (χ3n) is 4.83. The lowest BCUT2D eigenvalue weighted by Crippen LogP contribution is -2.34. The molecule has 3 rings (SSSR count). The van der Waals surface area contributed by atoms with Crippen LogP contribution in [0.2, 0.25) is 0 Å². The van der Waals surface area contributed by atoms with Crippen molar-refractivity contribution < 1.29 is 4.79 Å². The quantitative estimate of drug-likeness (QED) is 0.889. The summed E-state index contributed by atoms with van der Waals surface area (Å²) >= 11 is 0. The van der Waals surface area contributed by atoms with Crippen LogP contribution in [0.1, 0.15) is 34.1 Å². The maximum absolute atomic E-state index is 12.7. The number of aryl methyl sites for hydroxylation is 3. The van der Waals surface area contributed by atoms with E-state index in [0.717, 1.165) is 29.2 Å². The molecule has 2 N–H and O–H groups in total. The van der Waals surface area contributed by atoms with Gasteiger partial charge in [0.2, 0.25) is 5.91 Å². The molecule has 0 spiro atoms. The van der Waals surface area contributed by atoms with Gasteiger partial charge in [0, 0.05) is 49.7 Å². The van der Waals surface area contributed by atoms with Crippen molar-refractivity contribution in [2.45, 2.75) is 33.2 Å². The van der Waals surface area contributed by atoms with E-state index in [1.54, 1.807) is 0 Å². The van der Waals surface area contributed by atoms with Crippen LogP contribution >= 0.6 is 0 Å². The number of nitrogens with one attached hydrogen (secondary N) is 2. The molecule has 1 saturated heterocycles. The molecule has 1 amide bonds. The highest BCUT2D eigenvalue weighted by molar-refractivity contribution is 5.80. The van der Waals surface area contributed by atoms with Gasteiger partial charge in [-0.05, 0) is 44.0 Å². The molecule has 2 aromatic heterocycles. The number of nitrogens with zero attached hydrogens (tertiary/aromatic N) is 3. The minimum atomic E-state index is -0.0584. The number of carbonyl (C=O) groups is 1. The minimum Gasteiger partial charge on any atom is -0.352 e. The lowest BCUT2D eigenvalue weighted by molar-refractivity contribution is -0.125. The lowest BCUT2D eigenvalue weighted by Gasteiger charge is -2.18. The van der Waals surface area contributed by atoms with Crippen LogP contribution in [0.5, 0.6) is 0 Å². The average molecular weight is 327 g/mol. The van der Waals surface area contributed by atoms with Gasteiger partial charge in [-0.25, -0.2) is 0 Å². The number of carbonyl (C=O) groups excluding carboxylic acids is 1. The molecule has 6 heteroatoms. The van der Waals surface area contributed by atoms with E-state index in [9.17, 15) is 4.79 Å². The summed E-state index contributed by atoms with van der Waals surface area (Å²) in [6, 6.07) is 4.03. The monoisotopic (exact) mass is 327 g/mol. The Labute approximate surface area is 142 Å². The molecule has 0 saturated carbocycles. The molecule has 0 unspecified atom stereocenters. The first-order valence-electron chi connectivity index (χ1n) is 8.37. The number of rotatable bonds is 4. The van der Waals surface area contributed by atoms with Crippen molar-refractivity contribution in [3.05, 3.63) is 46.5 Å². The molecule has 1 aliphatic heterocycles. The molecule has 24 heavy (non-hydrogen) atoms. The summed E-state index contributed by atoms with van der Waals surface area (Å²) in [5.74, 6) is 0.219. The Balaban J connectivity index is 1.68. The zero-order valence-electron chi connectivity index (χ0n) is 14.8. The first-order valence-corrected chi connectivity index (χ1v) is 8.37. The van der Waals surface area contributed by atoms with E-state index in [-0.39, 0.29) is 17.7 Å². The summed E-state index contributed by atoms with van der Waals surface area (Å²) in [4.78, 5) is 17.1. The second-order valence-electron chi connectivity index (χ2n) is 6.66. The third kappa shape index (κ3) is 3.33. The van der Waals surface area contributed by atoms with Crippen LogP contribution in [0.3, 0.4) is 0 Å². The van der Waals surface area contributed by atoms with E-state index in [2.05, 4.69) is 27.6 Å². The zero-order chi connectivity index (χ0) is 17.3. The van der Waals surface area contributed by atoms with Crippen molar-refractivity contribution in [1.29, 1.82) is 0 Å². The van der Waals surface area contributed by atoms with Crippen molar-refractivity contribution in [2.75, 3.05) is 13.1 Å². The van der Waals surface area contributed by atoms with Crippen LogP contribution in [-0.4, -0.2) is 33.8 Å². The molecule has 0 aliphatic carbocycles. The Morgan fingerprint density at radius 3 is 2.62 bits per heavy atom. The SMILES string of the molecule is Cc1cc(CNC(=O)[C@H]2CNC[C@@H]2c2cnn(C)c2C)cc(C)n1. The number of amides is 1. The van der Waals surface area contributed by atoms with Crippen LogP contribution < -0.4 is 10.6 Å². The number of hydrogen-bond acceptors (Lipinski definition) is 4. The molecule has 1 fully saturated rings. The predicted molar refractivity (Wildman–Crippen MR) is 92.6 cm³/mol. The van der Waals surface area contributed by atoms with E-state index in [4.69, 9.17) is 0 Å². The Morgan fingerprint density at radius 2 is 2.00 bits per heavy atom. The van der Waals surface area contributed by atoms with Gasteiger partial charge in [-0.15, -0.1) is 0 Å². The summed E-state index contributed by atoms with van der Waals surface area (Å²) in [5.41, 5.74) is 5.34. The fourth-order valence-corrected chi connectivity index (χ4v) is 3.50. The molecular formula is C18H25N5O. The van der Waals surface area contributed by atoms with Crippen molar-refractivity contribution in [2.24, 2.45) is 13.0 Å². The lowest BCUT2D eigenvalue weighted by atomic mass is 9.88. The number of hydrogen-bond donors (Lipinski definition) is 2. The Morgan fingerprint density at radius 1 is 1.29 bits per heavy atom. The first-order chi connectivity index (χ1) is 11.5. The predicted octanol–water partition coefficient (Wildman–Crippen LogP) is 1.36. The van der Waals surface area contributed by atoms with E-state index in [1.165, 1.54) is 5.56 Å². The molecule has 1 aliphatic rings. The van der Waals surface area contributed by atoms with Crippen LogP contribution in [0.25, 0.3) is 0 Å². The van der Waals surface area contributed by atoms with Gasteiger partial charge >= 0.3 is 0 Å². The number of aromatic nitrogens is 3. The second-order valence-corrected chi connectivity index (χ2v) is 6.66. The minimum absolute atomic E-state index is 0.0584. The summed E-state index contributed by atoms with van der Waals surface area (Å²) in [7, 11) is 1.93. The molecular weight excluding hydrogens is 302 g/mol. The van der Waals surface area contributed by atoms with E-state index in [1.807, 2.05) is 43.9 Å². The smallest absolute Gasteiger partial charge is 0.225 e. The van der Waals surface area contributed by atoms with Gasteiger partial charge in [0.25, 0.3) is 0 Å². The van der Waals surface area contributed by atoms with E-state index >= 15 is 0 Å². The maximum atomic E-state index is 12.7. The van der Waals surface area contributed by atoms with Gasteiger partial charge in [0.15, 0.2) is 0 Å². The second kappa shape index (κ2) is 6.73. The van der Waals surface area contributed by atoms with Crippen molar-refractivity contribution in [1.82, 2.24) is 25.4 Å². The maximum Gasteiger partial charge on any atom is 0.225 e. The van der Waals surface area contributed by atoms with Gasteiger partial charge in [-0.1, -0.05) is 0 Å². The van der Waals surface area contributed by atoms with Crippen LogP contribution in [0, 0.1) is 26.7 Å². The largest absolute Gasteiger partial charge is 0.352 e. The van der Waals surface area contributed by atoms with Gasteiger partial charge in [-0.3, -0.25) is 14.5 Å². The summed E-state index contributed by atoms with van der Waals surface area (Å²) in [6.07, 6.45) is 1.89. The highest BCUT2D eigenvalue weighted by atomic mass is 16.1. The number of pyridine rings is 1. The summed E-state index contributed by atoms with van der Waals surface area (Å²) in [5, 5.41) is 10.8. The topological polar surface area (TPSA) is 71.8 Å². The summed E-state index contributed by atoms with van der Waals surface area (Å²) in [6.45, 7) is 8.06. The van der Waals surface area contributed by atoms with Gasteiger partial charge in [0.05, 0.1) is 12.1 Å². The molecule has 0 bridgehead atoms. The fourth-order valence-electron chi connectivity index (χ4n) is 3.50. The molecule has 2 atom stereocenters. The molecule has 6 nitrogen and oxygen atoms in total. The van der Waals surface area contributed by atoms with Gasteiger partial charge in [-0.2, -0.15) is 5.10 Å². The van der Waals surface area contributed by atoms with Crippen molar-refractivity contribution in [3.8, 4) is 0 Å². The highest BCUT2D eigenvalue weighted by Crippen LogP contribution is 2.30. The average Bonchev–Trinajstić information content (AvgIpc) is 3.12.